The van der Waals surface area contributed by atoms with E-state index >= 15 is 0 Å². The van der Waals surface area contributed by atoms with Crippen molar-refractivity contribution >= 4 is 21.6 Å². The number of halogens is 2. The Morgan fingerprint density at radius 3 is 2.39 bits per heavy atom. The molecular weight excluding hydrogens is 426 g/mol. The van der Waals surface area contributed by atoms with Gasteiger partial charge >= 0.3 is 0 Å². The first-order chi connectivity index (χ1) is 14.7. The number of aryl methyl sites for hydroxylation is 1. The molecule has 3 aromatic carbocycles. The molecule has 0 aliphatic carbocycles. The summed E-state index contributed by atoms with van der Waals surface area (Å²) >= 11 is 0. The average Bonchev–Trinajstić information content (AvgIpc) is 2.74. The number of anilines is 1. The summed E-state index contributed by atoms with van der Waals surface area (Å²) in [4.78, 5) is 12.5. The molecule has 162 valence electrons. The summed E-state index contributed by atoms with van der Waals surface area (Å²) in [6, 6.07) is 13.4. The highest BCUT2D eigenvalue weighted by atomic mass is 32.2. The number of hydrogen-bond acceptors (Lipinski definition) is 4. The van der Waals surface area contributed by atoms with E-state index in [0.29, 0.717) is 17.0 Å². The normalized spacial score (nSPS) is 11.1. The molecule has 31 heavy (non-hydrogen) atoms. The molecule has 0 bridgehead atoms. The third-order valence-corrected chi connectivity index (χ3v) is 5.93. The van der Waals surface area contributed by atoms with Gasteiger partial charge in [0.25, 0.3) is 15.9 Å². The van der Waals surface area contributed by atoms with Crippen molar-refractivity contribution in [2.45, 2.75) is 18.4 Å². The molecule has 0 unspecified atom stereocenters. The second-order valence-electron chi connectivity index (χ2n) is 6.73. The molecule has 0 aromatic heterocycles. The number of methoxy groups -OCH3 is 1. The zero-order valence-corrected chi connectivity index (χ0v) is 17.6. The summed E-state index contributed by atoms with van der Waals surface area (Å²) in [5.41, 5.74) is 0.944. The maximum absolute atomic E-state index is 13.8. The SMILES string of the molecule is COc1ccc(NS(=O)(=O)c2ccc(C)c(C(=O)NCc3cc(F)ccc3F)c2)cc1. The van der Waals surface area contributed by atoms with E-state index < -0.39 is 27.6 Å². The van der Waals surface area contributed by atoms with Crippen molar-refractivity contribution in [3.63, 3.8) is 0 Å². The fourth-order valence-corrected chi connectivity index (χ4v) is 3.92. The Bertz CT molecular complexity index is 1210. The molecule has 0 heterocycles. The third-order valence-electron chi connectivity index (χ3n) is 4.55. The van der Waals surface area contributed by atoms with E-state index in [4.69, 9.17) is 4.74 Å². The second-order valence-corrected chi connectivity index (χ2v) is 8.41. The van der Waals surface area contributed by atoms with Crippen LogP contribution in [-0.2, 0) is 16.6 Å². The fourth-order valence-electron chi connectivity index (χ4n) is 2.84. The van der Waals surface area contributed by atoms with Crippen LogP contribution in [0.25, 0.3) is 0 Å². The van der Waals surface area contributed by atoms with Gasteiger partial charge in [-0.1, -0.05) is 6.07 Å². The van der Waals surface area contributed by atoms with E-state index in [2.05, 4.69) is 10.0 Å². The Labute approximate surface area is 178 Å². The molecule has 1 amide bonds. The smallest absolute Gasteiger partial charge is 0.261 e. The number of benzene rings is 3. The number of sulfonamides is 1. The van der Waals surface area contributed by atoms with Gasteiger partial charge in [0.15, 0.2) is 0 Å². The summed E-state index contributed by atoms with van der Waals surface area (Å²) in [6.45, 7) is 1.40. The lowest BCUT2D eigenvalue weighted by Crippen LogP contribution is -2.25. The van der Waals surface area contributed by atoms with Gasteiger partial charge < -0.3 is 10.1 Å². The van der Waals surface area contributed by atoms with Crippen LogP contribution in [0.4, 0.5) is 14.5 Å². The van der Waals surface area contributed by atoms with Crippen molar-refractivity contribution in [1.29, 1.82) is 0 Å². The molecule has 6 nitrogen and oxygen atoms in total. The van der Waals surface area contributed by atoms with Gasteiger partial charge in [0.1, 0.15) is 17.4 Å². The Hall–Kier alpha value is -3.46. The van der Waals surface area contributed by atoms with Crippen molar-refractivity contribution in [1.82, 2.24) is 5.32 Å². The van der Waals surface area contributed by atoms with Gasteiger partial charge in [0.05, 0.1) is 12.0 Å². The number of amides is 1. The minimum atomic E-state index is -3.97. The summed E-state index contributed by atoms with van der Waals surface area (Å²) in [5.74, 6) is -1.31. The number of carbonyl (C=O) groups excluding carboxylic acids is 1. The zero-order chi connectivity index (χ0) is 22.6. The summed E-state index contributed by atoms with van der Waals surface area (Å²) < 4.78 is 60.0. The molecule has 9 heteroatoms. The van der Waals surface area contributed by atoms with Gasteiger partial charge in [-0.05, 0) is 67.1 Å². The second kappa shape index (κ2) is 9.13. The molecular formula is C22H20F2N2O4S. The Morgan fingerprint density at radius 2 is 1.71 bits per heavy atom. The van der Waals surface area contributed by atoms with E-state index in [0.717, 1.165) is 18.2 Å². The van der Waals surface area contributed by atoms with Crippen LogP contribution in [0.2, 0.25) is 0 Å². The van der Waals surface area contributed by atoms with E-state index in [1.807, 2.05) is 0 Å². The predicted molar refractivity (Wildman–Crippen MR) is 113 cm³/mol. The monoisotopic (exact) mass is 446 g/mol. The van der Waals surface area contributed by atoms with Crippen LogP contribution in [0.3, 0.4) is 0 Å². The lowest BCUT2D eigenvalue weighted by Gasteiger charge is -2.12. The highest BCUT2D eigenvalue weighted by molar-refractivity contribution is 7.92. The van der Waals surface area contributed by atoms with Crippen LogP contribution < -0.4 is 14.8 Å². The molecule has 0 atom stereocenters. The van der Waals surface area contributed by atoms with Crippen LogP contribution in [0.1, 0.15) is 21.5 Å². The highest BCUT2D eigenvalue weighted by Crippen LogP contribution is 2.21. The van der Waals surface area contributed by atoms with Crippen LogP contribution in [0.15, 0.2) is 65.6 Å². The third kappa shape index (κ3) is 5.37. The minimum absolute atomic E-state index is 0.0176. The first-order valence-electron chi connectivity index (χ1n) is 9.19. The molecule has 0 aliphatic rings. The average molecular weight is 446 g/mol. The number of rotatable bonds is 7. The highest BCUT2D eigenvalue weighted by Gasteiger charge is 2.19. The topological polar surface area (TPSA) is 84.5 Å². The van der Waals surface area contributed by atoms with Crippen LogP contribution in [-0.4, -0.2) is 21.4 Å². The zero-order valence-electron chi connectivity index (χ0n) is 16.8. The molecule has 0 spiro atoms. The molecule has 0 saturated carbocycles. The first-order valence-corrected chi connectivity index (χ1v) is 10.7. The van der Waals surface area contributed by atoms with Gasteiger partial charge in [0, 0.05) is 23.4 Å². The summed E-state index contributed by atoms with van der Waals surface area (Å²) in [5, 5.41) is 2.49. The van der Waals surface area contributed by atoms with Gasteiger partial charge in [-0.2, -0.15) is 0 Å². The van der Waals surface area contributed by atoms with Gasteiger partial charge in [0.2, 0.25) is 0 Å². The van der Waals surface area contributed by atoms with E-state index in [9.17, 15) is 22.0 Å². The largest absolute Gasteiger partial charge is 0.497 e. The lowest BCUT2D eigenvalue weighted by molar-refractivity contribution is 0.0949. The molecule has 0 saturated heterocycles. The molecule has 2 N–H and O–H groups in total. The molecule has 3 rings (SSSR count). The van der Waals surface area contributed by atoms with E-state index in [1.165, 1.54) is 25.3 Å². The maximum atomic E-state index is 13.8. The van der Waals surface area contributed by atoms with Crippen LogP contribution >= 0.6 is 0 Å². The van der Waals surface area contributed by atoms with Gasteiger partial charge in [-0.25, -0.2) is 17.2 Å². The lowest BCUT2D eigenvalue weighted by atomic mass is 10.1. The molecule has 0 radical (unpaired) electrons. The van der Waals surface area contributed by atoms with Crippen molar-refractivity contribution in [2.24, 2.45) is 0 Å². The fraction of sp³-hybridized carbons (Fsp3) is 0.136. The Kier molecular flexibility index (Phi) is 6.55. The number of carbonyl (C=O) groups is 1. The summed E-state index contributed by atoms with van der Waals surface area (Å²) in [7, 11) is -2.46. The van der Waals surface area contributed by atoms with Crippen molar-refractivity contribution in [3.8, 4) is 5.75 Å². The van der Waals surface area contributed by atoms with E-state index in [1.54, 1.807) is 31.2 Å². The van der Waals surface area contributed by atoms with Crippen molar-refractivity contribution in [2.75, 3.05) is 11.8 Å². The minimum Gasteiger partial charge on any atom is -0.497 e. The van der Waals surface area contributed by atoms with Gasteiger partial charge in [-0.3, -0.25) is 9.52 Å². The first kappa shape index (κ1) is 22.2. The Balaban J connectivity index is 1.79. The number of ether oxygens (including phenoxy) is 1. The molecule has 3 aromatic rings. The van der Waals surface area contributed by atoms with Crippen LogP contribution in [0.5, 0.6) is 5.75 Å². The molecule has 0 fully saturated rings. The molecule has 0 aliphatic heterocycles. The van der Waals surface area contributed by atoms with Crippen LogP contribution in [0, 0.1) is 18.6 Å². The number of hydrogen-bond donors (Lipinski definition) is 2. The van der Waals surface area contributed by atoms with E-state index in [-0.39, 0.29) is 22.6 Å². The predicted octanol–water partition coefficient (Wildman–Crippen LogP) is 4.01. The van der Waals surface area contributed by atoms with Crippen molar-refractivity contribution in [3.05, 3.63) is 89.0 Å². The maximum Gasteiger partial charge on any atom is 0.261 e. The summed E-state index contributed by atoms with van der Waals surface area (Å²) in [6.07, 6.45) is 0. The standard InChI is InChI=1S/C22H20F2N2O4S/c1-14-3-9-19(31(28,29)26-17-5-7-18(30-2)8-6-17)12-20(14)22(27)25-13-15-11-16(23)4-10-21(15)24/h3-12,26H,13H2,1-2H3,(H,25,27). The van der Waals surface area contributed by atoms with Crippen molar-refractivity contribution < 1.29 is 26.7 Å². The Morgan fingerprint density at radius 1 is 1.00 bits per heavy atom. The van der Waals surface area contributed by atoms with Gasteiger partial charge in [-0.15, -0.1) is 0 Å². The quantitative estimate of drug-likeness (QED) is 0.574. The number of nitrogens with one attached hydrogen (secondary N) is 2.